The first kappa shape index (κ1) is 11.1. The third kappa shape index (κ3) is 2.09. The highest BCUT2D eigenvalue weighted by atomic mass is 16.5. The van der Waals surface area contributed by atoms with Crippen LogP contribution >= 0.6 is 0 Å². The van der Waals surface area contributed by atoms with Crippen molar-refractivity contribution in [1.82, 2.24) is 0 Å². The van der Waals surface area contributed by atoms with Crippen LogP contribution in [0.4, 0.5) is 0 Å². The minimum absolute atomic E-state index is 0.193. The minimum atomic E-state index is 0.193. The average molecular weight is 192 g/mol. The Kier molecular flexibility index (Phi) is 3.20. The van der Waals surface area contributed by atoms with E-state index in [1.54, 1.807) is 7.11 Å². The van der Waals surface area contributed by atoms with E-state index in [-0.39, 0.29) is 5.41 Å². The van der Waals surface area contributed by atoms with E-state index >= 15 is 0 Å². The molecule has 0 spiro atoms. The monoisotopic (exact) mass is 192 g/mol. The Morgan fingerprint density at radius 3 is 2.43 bits per heavy atom. The highest BCUT2D eigenvalue weighted by Crippen LogP contribution is 2.34. The molecular weight excluding hydrogens is 172 g/mol. The molecule has 0 unspecified atom stereocenters. The highest BCUT2D eigenvalue weighted by molar-refractivity contribution is 5.41. The molecule has 1 nitrogen and oxygen atoms in total. The molecule has 0 aliphatic carbocycles. The molecule has 0 aliphatic heterocycles. The van der Waals surface area contributed by atoms with Crippen LogP contribution in [0.5, 0.6) is 5.75 Å². The molecule has 78 valence electrons. The zero-order valence-electron chi connectivity index (χ0n) is 9.85. The van der Waals surface area contributed by atoms with Crippen molar-refractivity contribution >= 4 is 0 Å². The maximum absolute atomic E-state index is 5.41. The standard InChI is InChI=1S/C13H20O/c1-6-13(3,4)11-8-7-10(2)9-12(11)14-5/h7-9H,6H2,1-5H3. The van der Waals surface area contributed by atoms with Gasteiger partial charge in [0.2, 0.25) is 0 Å². The van der Waals surface area contributed by atoms with Crippen molar-refractivity contribution in [2.45, 2.75) is 39.5 Å². The number of benzene rings is 1. The van der Waals surface area contributed by atoms with Gasteiger partial charge in [0.15, 0.2) is 0 Å². The van der Waals surface area contributed by atoms with Gasteiger partial charge in [0.1, 0.15) is 5.75 Å². The summed E-state index contributed by atoms with van der Waals surface area (Å²) in [7, 11) is 1.74. The fourth-order valence-corrected chi connectivity index (χ4v) is 1.55. The van der Waals surface area contributed by atoms with E-state index < -0.39 is 0 Å². The SMILES string of the molecule is CCC(C)(C)c1ccc(C)cc1OC. The van der Waals surface area contributed by atoms with Crippen molar-refractivity contribution < 1.29 is 4.74 Å². The fourth-order valence-electron chi connectivity index (χ4n) is 1.55. The molecule has 0 saturated carbocycles. The first-order chi connectivity index (χ1) is 6.51. The topological polar surface area (TPSA) is 9.23 Å². The third-order valence-electron chi connectivity index (χ3n) is 2.97. The van der Waals surface area contributed by atoms with Gasteiger partial charge in [-0.15, -0.1) is 0 Å². The van der Waals surface area contributed by atoms with Crippen molar-refractivity contribution in [3.8, 4) is 5.75 Å². The Bertz CT molecular complexity index is 313. The van der Waals surface area contributed by atoms with E-state index in [4.69, 9.17) is 4.74 Å². The van der Waals surface area contributed by atoms with Crippen LogP contribution in [-0.4, -0.2) is 7.11 Å². The van der Waals surface area contributed by atoms with Crippen molar-refractivity contribution in [2.24, 2.45) is 0 Å². The van der Waals surface area contributed by atoms with Crippen LogP contribution in [0.15, 0.2) is 18.2 Å². The summed E-state index contributed by atoms with van der Waals surface area (Å²) >= 11 is 0. The number of hydrogen-bond acceptors (Lipinski definition) is 1. The van der Waals surface area contributed by atoms with Crippen LogP contribution < -0.4 is 4.74 Å². The van der Waals surface area contributed by atoms with Gasteiger partial charge < -0.3 is 4.74 Å². The summed E-state index contributed by atoms with van der Waals surface area (Å²) in [4.78, 5) is 0. The molecule has 0 saturated heterocycles. The maximum atomic E-state index is 5.41. The molecule has 0 aliphatic rings. The molecular formula is C13H20O. The van der Waals surface area contributed by atoms with Gasteiger partial charge in [0.25, 0.3) is 0 Å². The lowest BCUT2D eigenvalue weighted by molar-refractivity contribution is 0.389. The Morgan fingerprint density at radius 1 is 1.29 bits per heavy atom. The van der Waals surface area contributed by atoms with Crippen LogP contribution in [0.2, 0.25) is 0 Å². The van der Waals surface area contributed by atoms with Gasteiger partial charge in [0.05, 0.1) is 7.11 Å². The lowest BCUT2D eigenvalue weighted by Crippen LogP contribution is -2.16. The highest BCUT2D eigenvalue weighted by Gasteiger charge is 2.21. The van der Waals surface area contributed by atoms with E-state index in [0.717, 1.165) is 12.2 Å². The number of hydrogen-bond donors (Lipinski definition) is 0. The van der Waals surface area contributed by atoms with E-state index in [1.165, 1.54) is 11.1 Å². The maximum Gasteiger partial charge on any atom is 0.122 e. The van der Waals surface area contributed by atoms with Crippen LogP contribution in [0, 0.1) is 6.92 Å². The molecule has 0 heterocycles. The van der Waals surface area contributed by atoms with E-state index in [9.17, 15) is 0 Å². The molecule has 0 aromatic heterocycles. The quantitative estimate of drug-likeness (QED) is 0.709. The zero-order chi connectivity index (χ0) is 10.8. The first-order valence-corrected chi connectivity index (χ1v) is 5.16. The summed E-state index contributed by atoms with van der Waals surface area (Å²) in [6.07, 6.45) is 1.12. The van der Waals surface area contributed by atoms with Crippen LogP contribution in [0.3, 0.4) is 0 Å². The second kappa shape index (κ2) is 4.04. The molecule has 0 fully saturated rings. The summed E-state index contributed by atoms with van der Waals surface area (Å²) in [5.74, 6) is 1.01. The van der Waals surface area contributed by atoms with Crippen molar-refractivity contribution in [3.05, 3.63) is 29.3 Å². The second-order valence-electron chi connectivity index (χ2n) is 4.44. The van der Waals surface area contributed by atoms with E-state index in [1.807, 2.05) is 0 Å². The zero-order valence-corrected chi connectivity index (χ0v) is 9.85. The smallest absolute Gasteiger partial charge is 0.122 e. The predicted molar refractivity (Wildman–Crippen MR) is 61.0 cm³/mol. The number of ether oxygens (including phenoxy) is 1. The first-order valence-electron chi connectivity index (χ1n) is 5.16. The molecule has 1 aromatic rings. The summed E-state index contributed by atoms with van der Waals surface area (Å²) in [6.45, 7) is 8.80. The van der Waals surface area contributed by atoms with Gasteiger partial charge in [0, 0.05) is 0 Å². The van der Waals surface area contributed by atoms with Gasteiger partial charge in [-0.2, -0.15) is 0 Å². The van der Waals surface area contributed by atoms with Crippen molar-refractivity contribution in [2.75, 3.05) is 7.11 Å². The second-order valence-corrected chi connectivity index (χ2v) is 4.44. The molecule has 14 heavy (non-hydrogen) atoms. The lowest BCUT2D eigenvalue weighted by atomic mass is 9.81. The fraction of sp³-hybridized carbons (Fsp3) is 0.538. The average Bonchev–Trinajstić information content (AvgIpc) is 2.17. The van der Waals surface area contributed by atoms with E-state index in [2.05, 4.69) is 45.9 Å². The van der Waals surface area contributed by atoms with Gasteiger partial charge >= 0.3 is 0 Å². The summed E-state index contributed by atoms with van der Waals surface area (Å²) in [5, 5.41) is 0. The van der Waals surface area contributed by atoms with Gasteiger partial charge in [-0.3, -0.25) is 0 Å². The predicted octanol–water partition coefficient (Wildman–Crippen LogP) is 3.69. The summed E-state index contributed by atoms with van der Waals surface area (Å²) in [6, 6.07) is 6.43. The molecule has 1 heteroatoms. The van der Waals surface area contributed by atoms with Crippen molar-refractivity contribution in [1.29, 1.82) is 0 Å². The molecule has 0 amide bonds. The largest absolute Gasteiger partial charge is 0.496 e. The molecule has 0 bridgehead atoms. The minimum Gasteiger partial charge on any atom is -0.496 e. The molecule has 1 rings (SSSR count). The van der Waals surface area contributed by atoms with Crippen molar-refractivity contribution in [3.63, 3.8) is 0 Å². The van der Waals surface area contributed by atoms with Crippen LogP contribution in [0.25, 0.3) is 0 Å². The molecule has 1 aromatic carbocycles. The summed E-state index contributed by atoms with van der Waals surface area (Å²) in [5.41, 5.74) is 2.74. The summed E-state index contributed by atoms with van der Waals surface area (Å²) < 4.78 is 5.41. The Hall–Kier alpha value is -0.980. The molecule has 0 radical (unpaired) electrons. The molecule has 0 N–H and O–H groups in total. The number of rotatable bonds is 3. The van der Waals surface area contributed by atoms with Gasteiger partial charge in [-0.05, 0) is 36.0 Å². The normalized spacial score (nSPS) is 11.5. The molecule has 0 atom stereocenters. The number of aryl methyl sites for hydroxylation is 1. The van der Waals surface area contributed by atoms with Gasteiger partial charge in [-0.1, -0.05) is 32.9 Å². The van der Waals surface area contributed by atoms with E-state index in [0.29, 0.717) is 0 Å². The van der Waals surface area contributed by atoms with Crippen LogP contribution in [0.1, 0.15) is 38.3 Å². The number of methoxy groups -OCH3 is 1. The third-order valence-corrected chi connectivity index (χ3v) is 2.97. The Morgan fingerprint density at radius 2 is 1.93 bits per heavy atom. The Balaban J connectivity index is 3.20. The Labute approximate surface area is 87.1 Å². The van der Waals surface area contributed by atoms with Gasteiger partial charge in [-0.25, -0.2) is 0 Å². The lowest BCUT2D eigenvalue weighted by Gasteiger charge is -2.25. The van der Waals surface area contributed by atoms with Crippen LogP contribution in [-0.2, 0) is 5.41 Å².